The molecule has 2 fully saturated rings. The van der Waals surface area contributed by atoms with Gasteiger partial charge in [0.1, 0.15) is 0 Å². The molecule has 0 bridgehead atoms. The highest BCUT2D eigenvalue weighted by Gasteiger charge is 2.42. The van der Waals surface area contributed by atoms with E-state index in [4.69, 9.17) is 5.73 Å². The highest BCUT2D eigenvalue weighted by atomic mass is 16.2. The number of carbonyl (C=O) groups excluding carboxylic acids is 1. The van der Waals surface area contributed by atoms with Gasteiger partial charge >= 0.3 is 0 Å². The second-order valence-electron chi connectivity index (χ2n) is 7.12. The second-order valence-corrected chi connectivity index (χ2v) is 7.12. The third kappa shape index (κ3) is 2.30. The third-order valence-electron chi connectivity index (χ3n) is 5.43. The predicted octanol–water partition coefficient (Wildman–Crippen LogP) is 2.50. The minimum absolute atomic E-state index is 0.191. The Morgan fingerprint density at radius 3 is 2.57 bits per heavy atom. The number of aromatic nitrogens is 1. The van der Waals surface area contributed by atoms with Crippen LogP contribution in [0, 0.1) is 25.7 Å². The van der Waals surface area contributed by atoms with Crippen molar-refractivity contribution in [2.45, 2.75) is 52.6 Å². The van der Waals surface area contributed by atoms with Crippen LogP contribution in [0.1, 0.15) is 54.5 Å². The Bertz CT molecular complexity index is 561. The van der Waals surface area contributed by atoms with E-state index >= 15 is 0 Å². The Labute approximate surface area is 127 Å². The number of hydrogen-bond donors (Lipinski definition) is 1. The summed E-state index contributed by atoms with van der Waals surface area (Å²) in [6.45, 7) is 10.2. The molecule has 21 heavy (non-hydrogen) atoms. The predicted molar refractivity (Wildman–Crippen MR) is 84.4 cm³/mol. The van der Waals surface area contributed by atoms with Crippen LogP contribution in [0.2, 0.25) is 0 Å². The first-order valence-electron chi connectivity index (χ1n) is 8.13. The van der Waals surface area contributed by atoms with Gasteiger partial charge < -0.3 is 15.2 Å². The van der Waals surface area contributed by atoms with Crippen LogP contribution in [0.25, 0.3) is 0 Å². The van der Waals surface area contributed by atoms with Crippen molar-refractivity contribution in [1.82, 2.24) is 9.47 Å². The number of rotatable bonds is 2. The lowest BCUT2D eigenvalue weighted by Crippen LogP contribution is -2.33. The van der Waals surface area contributed by atoms with Gasteiger partial charge in [0.25, 0.3) is 5.91 Å². The first kappa shape index (κ1) is 14.6. The van der Waals surface area contributed by atoms with Crippen molar-refractivity contribution in [1.29, 1.82) is 0 Å². The van der Waals surface area contributed by atoms with Gasteiger partial charge in [0.15, 0.2) is 0 Å². The smallest absolute Gasteiger partial charge is 0.255 e. The van der Waals surface area contributed by atoms with Gasteiger partial charge in [-0.15, -0.1) is 0 Å². The third-order valence-corrected chi connectivity index (χ3v) is 5.43. The minimum atomic E-state index is 0.191. The molecule has 1 aromatic rings. The topological polar surface area (TPSA) is 51.3 Å². The van der Waals surface area contributed by atoms with Crippen LogP contribution in [0.4, 0.5) is 0 Å². The Balaban J connectivity index is 1.82. The molecule has 1 aromatic heterocycles. The van der Waals surface area contributed by atoms with E-state index in [0.717, 1.165) is 30.8 Å². The molecule has 3 rings (SSSR count). The molecule has 2 N–H and O–H groups in total. The summed E-state index contributed by atoms with van der Waals surface area (Å²) in [4.78, 5) is 14.9. The van der Waals surface area contributed by atoms with E-state index < -0.39 is 0 Å². The highest BCUT2D eigenvalue weighted by molar-refractivity contribution is 5.96. The Morgan fingerprint density at radius 2 is 2.00 bits per heavy atom. The maximum Gasteiger partial charge on any atom is 0.255 e. The van der Waals surface area contributed by atoms with Gasteiger partial charge in [-0.25, -0.2) is 0 Å². The average molecular weight is 289 g/mol. The van der Waals surface area contributed by atoms with Crippen LogP contribution in [0.5, 0.6) is 0 Å². The maximum absolute atomic E-state index is 12.9. The molecule has 1 aliphatic heterocycles. The van der Waals surface area contributed by atoms with E-state index in [1.54, 1.807) is 0 Å². The number of aryl methyl sites for hydroxylation is 1. The normalized spacial score (nSPS) is 28.5. The van der Waals surface area contributed by atoms with E-state index in [-0.39, 0.29) is 11.9 Å². The first-order chi connectivity index (χ1) is 9.90. The summed E-state index contributed by atoms with van der Waals surface area (Å²) in [6.07, 6.45) is 2.31. The fourth-order valence-corrected chi connectivity index (χ4v) is 4.43. The molecule has 2 aliphatic rings. The standard InChI is InChI=1S/C17H27N3O/c1-10(2)20-11(3)7-14(12(20)4)17(21)19-8-13-5-6-16(18)15(13)9-19/h7,10,13,15-16H,5-6,8-9,18H2,1-4H3. The molecular formula is C17H27N3O. The van der Waals surface area contributed by atoms with Gasteiger partial charge in [0.2, 0.25) is 0 Å². The van der Waals surface area contributed by atoms with Crippen LogP contribution in [0.3, 0.4) is 0 Å². The molecule has 1 aliphatic carbocycles. The lowest BCUT2D eigenvalue weighted by molar-refractivity contribution is 0.0778. The van der Waals surface area contributed by atoms with Crippen molar-refractivity contribution >= 4 is 5.91 Å². The molecule has 3 atom stereocenters. The number of nitrogens with two attached hydrogens (primary N) is 1. The highest BCUT2D eigenvalue weighted by Crippen LogP contribution is 2.38. The van der Waals surface area contributed by atoms with Crippen LogP contribution in [0.15, 0.2) is 6.07 Å². The molecular weight excluding hydrogens is 262 g/mol. The average Bonchev–Trinajstić information content (AvgIpc) is 3.05. The van der Waals surface area contributed by atoms with Gasteiger partial charge in [-0.2, -0.15) is 0 Å². The number of hydrogen-bond acceptors (Lipinski definition) is 2. The summed E-state index contributed by atoms with van der Waals surface area (Å²) in [5, 5.41) is 0. The Kier molecular flexibility index (Phi) is 3.60. The molecule has 4 heteroatoms. The molecule has 0 aromatic carbocycles. The zero-order chi connectivity index (χ0) is 15.3. The lowest BCUT2D eigenvalue weighted by Gasteiger charge is -2.19. The SMILES string of the molecule is Cc1cc(C(=O)N2CC3CCC(N)C3C2)c(C)n1C(C)C. The molecule has 0 spiro atoms. The Morgan fingerprint density at radius 1 is 1.29 bits per heavy atom. The largest absolute Gasteiger partial charge is 0.346 e. The second kappa shape index (κ2) is 5.16. The van der Waals surface area contributed by atoms with Crippen LogP contribution in [-0.2, 0) is 0 Å². The van der Waals surface area contributed by atoms with E-state index in [9.17, 15) is 4.79 Å². The van der Waals surface area contributed by atoms with Crippen LogP contribution < -0.4 is 5.73 Å². The zero-order valence-electron chi connectivity index (χ0n) is 13.6. The molecule has 0 radical (unpaired) electrons. The maximum atomic E-state index is 12.9. The quantitative estimate of drug-likeness (QED) is 0.909. The lowest BCUT2D eigenvalue weighted by atomic mass is 9.98. The monoisotopic (exact) mass is 289 g/mol. The fraction of sp³-hybridized carbons (Fsp3) is 0.706. The number of fused-ring (bicyclic) bond motifs is 1. The van der Waals surface area contributed by atoms with Crippen molar-refractivity contribution in [3.63, 3.8) is 0 Å². The van der Waals surface area contributed by atoms with Crippen LogP contribution >= 0.6 is 0 Å². The van der Waals surface area contributed by atoms with E-state index in [1.807, 2.05) is 11.0 Å². The summed E-state index contributed by atoms with van der Waals surface area (Å²) in [7, 11) is 0. The molecule has 4 nitrogen and oxygen atoms in total. The zero-order valence-corrected chi connectivity index (χ0v) is 13.6. The molecule has 1 saturated carbocycles. The Hall–Kier alpha value is -1.29. The molecule has 2 heterocycles. The molecule has 1 amide bonds. The number of carbonyl (C=O) groups is 1. The summed E-state index contributed by atoms with van der Waals surface area (Å²) in [5.41, 5.74) is 9.31. The van der Waals surface area contributed by atoms with Gasteiger partial charge in [-0.1, -0.05) is 0 Å². The van der Waals surface area contributed by atoms with E-state index in [0.29, 0.717) is 17.9 Å². The van der Waals surface area contributed by atoms with Gasteiger partial charge in [0, 0.05) is 36.6 Å². The number of amides is 1. The van der Waals surface area contributed by atoms with E-state index in [2.05, 4.69) is 32.3 Å². The molecule has 1 saturated heterocycles. The van der Waals surface area contributed by atoms with Gasteiger partial charge in [-0.3, -0.25) is 4.79 Å². The number of nitrogens with zero attached hydrogens (tertiary/aromatic N) is 2. The van der Waals surface area contributed by atoms with Crippen molar-refractivity contribution in [3.05, 3.63) is 23.0 Å². The fourth-order valence-electron chi connectivity index (χ4n) is 4.43. The first-order valence-corrected chi connectivity index (χ1v) is 8.13. The van der Waals surface area contributed by atoms with Gasteiger partial charge in [0.05, 0.1) is 5.56 Å². The number of likely N-dealkylation sites (tertiary alicyclic amines) is 1. The van der Waals surface area contributed by atoms with E-state index in [1.165, 1.54) is 12.1 Å². The summed E-state index contributed by atoms with van der Waals surface area (Å²) in [6, 6.07) is 2.72. The van der Waals surface area contributed by atoms with Crippen molar-refractivity contribution in [2.24, 2.45) is 17.6 Å². The summed E-state index contributed by atoms with van der Waals surface area (Å²) < 4.78 is 2.25. The van der Waals surface area contributed by atoms with Crippen molar-refractivity contribution in [3.8, 4) is 0 Å². The summed E-state index contributed by atoms with van der Waals surface area (Å²) in [5.74, 6) is 1.33. The molecule has 3 unspecified atom stereocenters. The van der Waals surface area contributed by atoms with Crippen molar-refractivity contribution < 1.29 is 4.79 Å². The van der Waals surface area contributed by atoms with Gasteiger partial charge in [-0.05, 0) is 58.4 Å². The summed E-state index contributed by atoms with van der Waals surface area (Å²) >= 11 is 0. The minimum Gasteiger partial charge on any atom is -0.346 e. The van der Waals surface area contributed by atoms with Crippen LogP contribution in [-0.4, -0.2) is 34.5 Å². The van der Waals surface area contributed by atoms with Crippen molar-refractivity contribution in [2.75, 3.05) is 13.1 Å². The molecule has 116 valence electrons.